The molecular weight excluding hydrogens is 156 g/mol. The highest BCUT2D eigenvalue weighted by Gasteiger charge is 2.15. The topological polar surface area (TPSA) is 0 Å². The molecule has 0 heterocycles. The largest absolute Gasteiger partial charge is 0.0654 e. The van der Waals surface area contributed by atoms with Crippen LogP contribution in [0.2, 0.25) is 0 Å². The standard InChI is InChI=1S/C13H28/c1-6-8-9-12(5)13(7-2)10-11(3)4/h11-13H,6-10H2,1-5H3. The maximum atomic E-state index is 2.44. The molecular formula is C13H28. The minimum Gasteiger partial charge on any atom is -0.0654 e. The lowest BCUT2D eigenvalue weighted by molar-refractivity contribution is 0.272. The van der Waals surface area contributed by atoms with E-state index in [-0.39, 0.29) is 0 Å². The van der Waals surface area contributed by atoms with Crippen molar-refractivity contribution in [1.29, 1.82) is 0 Å². The molecule has 0 radical (unpaired) electrons. The van der Waals surface area contributed by atoms with Crippen LogP contribution in [0.15, 0.2) is 0 Å². The highest BCUT2D eigenvalue weighted by Crippen LogP contribution is 2.27. The Balaban J connectivity index is 3.77. The van der Waals surface area contributed by atoms with Crippen LogP contribution in [-0.2, 0) is 0 Å². The summed E-state index contributed by atoms with van der Waals surface area (Å²) in [6.07, 6.45) is 6.98. The smallest absolute Gasteiger partial charge is 0.0389 e. The van der Waals surface area contributed by atoms with Crippen molar-refractivity contribution < 1.29 is 0 Å². The number of hydrogen-bond donors (Lipinski definition) is 0. The van der Waals surface area contributed by atoms with Gasteiger partial charge in [-0.15, -0.1) is 0 Å². The molecule has 0 aromatic heterocycles. The van der Waals surface area contributed by atoms with Crippen molar-refractivity contribution in [2.24, 2.45) is 17.8 Å². The van der Waals surface area contributed by atoms with Crippen LogP contribution in [0, 0.1) is 17.8 Å². The molecule has 0 saturated carbocycles. The molecule has 0 aliphatic rings. The number of rotatable bonds is 7. The molecule has 0 spiro atoms. The Kier molecular flexibility index (Phi) is 7.41. The summed E-state index contributed by atoms with van der Waals surface area (Å²) in [7, 11) is 0. The van der Waals surface area contributed by atoms with E-state index in [1.165, 1.54) is 32.1 Å². The fraction of sp³-hybridized carbons (Fsp3) is 1.00. The predicted molar refractivity (Wildman–Crippen MR) is 61.9 cm³/mol. The molecule has 0 aliphatic carbocycles. The Bertz CT molecular complexity index is 105. The predicted octanol–water partition coefficient (Wildman–Crippen LogP) is 4.89. The summed E-state index contributed by atoms with van der Waals surface area (Å²) in [6.45, 7) is 11.8. The molecule has 0 aromatic carbocycles. The van der Waals surface area contributed by atoms with E-state index >= 15 is 0 Å². The van der Waals surface area contributed by atoms with E-state index in [1.54, 1.807) is 0 Å². The van der Waals surface area contributed by atoms with Gasteiger partial charge in [0.05, 0.1) is 0 Å². The van der Waals surface area contributed by atoms with Crippen LogP contribution >= 0.6 is 0 Å². The SMILES string of the molecule is CCCCC(C)C(CC)CC(C)C. The molecule has 0 heteroatoms. The molecule has 2 unspecified atom stereocenters. The van der Waals surface area contributed by atoms with E-state index in [2.05, 4.69) is 34.6 Å². The van der Waals surface area contributed by atoms with Crippen molar-refractivity contribution in [3.05, 3.63) is 0 Å². The summed E-state index contributed by atoms with van der Waals surface area (Å²) >= 11 is 0. The summed E-state index contributed by atoms with van der Waals surface area (Å²) in [4.78, 5) is 0. The van der Waals surface area contributed by atoms with Gasteiger partial charge in [-0.1, -0.05) is 60.3 Å². The first kappa shape index (κ1) is 13.0. The maximum Gasteiger partial charge on any atom is -0.0389 e. The molecule has 0 aliphatic heterocycles. The van der Waals surface area contributed by atoms with Gasteiger partial charge in [0.15, 0.2) is 0 Å². The van der Waals surface area contributed by atoms with E-state index in [4.69, 9.17) is 0 Å². The summed E-state index contributed by atoms with van der Waals surface area (Å²) in [5, 5.41) is 0. The first-order valence-electron chi connectivity index (χ1n) is 6.11. The van der Waals surface area contributed by atoms with Gasteiger partial charge in [-0.05, 0) is 24.2 Å². The van der Waals surface area contributed by atoms with Gasteiger partial charge >= 0.3 is 0 Å². The van der Waals surface area contributed by atoms with Gasteiger partial charge in [0.1, 0.15) is 0 Å². The van der Waals surface area contributed by atoms with Crippen molar-refractivity contribution in [2.45, 2.75) is 66.7 Å². The zero-order chi connectivity index (χ0) is 10.3. The Morgan fingerprint density at radius 1 is 1.00 bits per heavy atom. The second kappa shape index (κ2) is 7.41. The summed E-state index contributed by atoms with van der Waals surface area (Å²) in [6, 6.07) is 0. The van der Waals surface area contributed by atoms with Gasteiger partial charge in [-0.3, -0.25) is 0 Å². The minimum atomic E-state index is 0.869. The van der Waals surface area contributed by atoms with Gasteiger partial charge in [-0.25, -0.2) is 0 Å². The third kappa shape index (κ3) is 6.12. The van der Waals surface area contributed by atoms with Crippen LogP contribution in [0.25, 0.3) is 0 Å². The second-order valence-electron chi connectivity index (χ2n) is 4.92. The van der Waals surface area contributed by atoms with E-state index in [0.717, 1.165) is 17.8 Å². The van der Waals surface area contributed by atoms with Crippen molar-refractivity contribution in [3.63, 3.8) is 0 Å². The molecule has 0 bridgehead atoms. The van der Waals surface area contributed by atoms with Gasteiger partial charge < -0.3 is 0 Å². The average molecular weight is 184 g/mol. The lowest BCUT2D eigenvalue weighted by atomic mass is 9.82. The summed E-state index contributed by atoms with van der Waals surface area (Å²) < 4.78 is 0. The molecule has 0 rings (SSSR count). The molecule has 0 amide bonds. The molecule has 0 nitrogen and oxygen atoms in total. The summed E-state index contributed by atoms with van der Waals surface area (Å²) in [5.41, 5.74) is 0. The van der Waals surface area contributed by atoms with E-state index in [0.29, 0.717) is 0 Å². The van der Waals surface area contributed by atoms with Crippen LogP contribution in [0.5, 0.6) is 0 Å². The van der Waals surface area contributed by atoms with Gasteiger partial charge in [0, 0.05) is 0 Å². The first-order valence-corrected chi connectivity index (χ1v) is 6.11. The van der Waals surface area contributed by atoms with Crippen LogP contribution in [-0.4, -0.2) is 0 Å². The zero-order valence-electron chi connectivity index (χ0n) is 10.3. The lowest BCUT2D eigenvalue weighted by Gasteiger charge is -2.24. The van der Waals surface area contributed by atoms with Crippen LogP contribution in [0.1, 0.15) is 66.7 Å². The molecule has 80 valence electrons. The van der Waals surface area contributed by atoms with Crippen LogP contribution in [0.4, 0.5) is 0 Å². The van der Waals surface area contributed by atoms with E-state index in [1.807, 2.05) is 0 Å². The van der Waals surface area contributed by atoms with Gasteiger partial charge in [0.2, 0.25) is 0 Å². The fourth-order valence-electron chi connectivity index (χ4n) is 2.17. The van der Waals surface area contributed by atoms with Crippen LogP contribution in [0.3, 0.4) is 0 Å². The molecule has 13 heavy (non-hydrogen) atoms. The summed E-state index contributed by atoms with van der Waals surface area (Å²) in [5.74, 6) is 2.77. The number of unbranched alkanes of at least 4 members (excludes halogenated alkanes) is 1. The monoisotopic (exact) mass is 184 g/mol. The van der Waals surface area contributed by atoms with Gasteiger partial charge in [0.25, 0.3) is 0 Å². The van der Waals surface area contributed by atoms with E-state index < -0.39 is 0 Å². The Hall–Kier alpha value is 0. The Labute approximate surface area is 85.1 Å². The highest BCUT2D eigenvalue weighted by atomic mass is 14.2. The maximum absolute atomic E-state index is 2.44. The molecule has 0 aromatic rings. The Morgan fingerprint density at radius 2 is 1.62 bits per heavy atom. The average Bonchev–Trinajstić information content (AvgIpc) is 2.09. The fourth-order valence-corrected chi connectivity index (χ4v) is 2.17. The quantitative estimate of drug-likeness (QED) is 0.528. The third-order valence-corrected chi connectivity index (χ3v) is 3.12. The van der Waals surface area contributed by atoms with Crippen molar-refractivity contribution in [1.82, 2.24) is 0 Å². The highest BCUT2D eigenvalue weighted by molar-refractivity contribution is 4.66. The number of hydrogen-bond acceptors (Lipinski definition) is 0. The third-order valence-electron chi connectivity index (χ3n) is 3.12. The van der Waals surface area contributed by atoms with Crippen molar-refractivity contribution in [3.8, 4) is 0 Å². The lowest BCUT2D eigenvalue weighted by Crippen LogP contribution is -2.13. The van der Waals surface area contributed by atoms with Crippen molar-refractivity contribution in [2.75, 3.05) is 0 Å². The van der Waals surface area contributed by atoms with E-state index in [9.17, 15) is 0 Å². The van der Waals surface area contributed by atoms with Crippen molar-refractivity contribution >= 4 is 0 Å². The zero-order valence-corrected chi connectivity index (χ0v) is 10.3. The molecule has 2 atom stereocenters. The second-order valence-corrected chi connectivity index (χ2v) is 4.92. The first-order chi connectivity index (χ1) is 6.11. The minimum absolute atomic E-state index is 0.869. The molecule has 0 fully saturated rings. The Morgan fingerprint density at radius 3 is 2.00 bits per heavy atom. The molecule has 0 N–H and O–H groups in total. The van der Waals surface area contributed by atoms with Crippen LogP contribution < -0.4 is 0 Å². The normalized spacial score (nSPS) is 16.2. The van der Waals surface area contributed by atoms with Gasteiger partial charge in [-0.2, -0.15) is 0 Å². The molecule has 0 saturated heterocycles.